The molecule has 6 heteroatoms. The van der Waals surface area contributed by atoms with Crippen LogP contribution in [0.15, 0.2) is 18.2 Å². The SMILES string of the molecule is Cc1cc(F)cc(-c2nc(N3CCC(N)C3)n[nH]2)c1. The van der Waals surface area contributed by atoms with Crippen molar-refractivity contribution in [3.05, 3.63) is 29.6 Å². The van der Waals surface area contributed by atoms with Crippen molar-refractivity contribution in [2.24, 2.45) is 5.73 Å². The number of nitrogens with one attached hydrogen (secondary N) is 1. The molecule has 1 atom stereocenters. The molecule has 3 N–H and O–H groups in total. The Bertz CT molecular complexity index is 574. The van der Waals surface area contributed by atoms with Gasteiger partial charge in [0.15, 0.2) is 5.82 Å². The van der Waals surface area contributed by atoms with Gasteiger partial charge >= 0.3 is 0 Å². The van der Waals surface area contributed by atoms with Crippen LogP contribution in [0.25, 0.3) is 11.4 Å². The zero-order valence-corrected chi connectivity index (χ0v) is 10.7. The van der Waals surface area contributed by atoms with Crippen LogP contribution in [0.3, 0.4) is 0 Å². The minimum Gasteiger partial charge on any atom is -0.338 e. The molecular weight excluding hydrogens is 245 g/mol. The van der Waals surface area contributed by atoms with Crippen LogP contribution in [0.1, 0.15) is 12.0 Å². The first-order valence-electron chi connectivity index (χ1n) is 6.32. The predicted molar refractivity (Wildman–Crippen MR) is 71.3 cm³/mol. The van der Waals surface area contributed by atoms with Crippen molar-refractivity contribution in [1.29, 1.82) is 0 Å². The number of halogens is 1. The first-order chi connectivity index (χ1) is 9.11. The standard InChI is InChI=1S/C13H16FN5/c1-8-4-9(6-10(14)5-8)12-16-13(18-17-12)19-3-2-11(15)7-19/h4-6,11H,2-3,7,15H2,1H3,(H,16,17,18). The average molecular weight is 261 g/mol. The maximum Gasteiger partial charge on any atom is 0.245 e. The number of aromatic nitrogens is 3. The van der Waals surface area contributed by atoms with Crippen molar-refractivity contribution in [2.45, 2.75) is 19.4 Å². The highest BCUT2D eigenvalue weighted by Gasteiger charge is 2.22. The van der Waals surface area contributed by atoms with Gasteiger partial charge in [-0.15, -0.1) is 5.10 Å². The van der Waals surface area contributed by atoms with Crippen LogP contribution in [-0.4, -0.2) is 34.3 Å². The Morgan fingerprint density at radius 2 is 2.26 bits per heavy atom. The van der Waals surface area contributed by atoms with Gasteiger partial charge in [-0.3, -0.25) is 5.10 Å². The summed E-state index contributed by atoms with van der Waals surface area (Å²) in [6, 6.07) is 4.99. The summed E-state index contributed by atoms with van der Waals surface area (Å²) < 4.78 is 13.4. The minimum atomic E-state index is -0.267. The topological polar surface area (TPSA) is 70.8 Å². The number of hydrogen-bond acceptors (Lipinski definition) is 4. The van der Waals surface area contributed by atoms with E-state index >= 15 is 0 Å². The molecule has 0 amide bonds. The largest absolute Gasteiger partial charge is 0.338 e. The molecule has 1 aliphatic rings. The number of anilines is 1. The lowest BCUT2D eigenvalue weighted by Gasteiger charge is -2.11. The molecule has 3 rings (SSSR count). The summed E-state index contributed by atoms with van der Waals surface area (Å²) in [5.74, 6) is 0.944. The molecule has 0 bridgehead atoms. The van der Waals surface area contributed by atoms with Crippen molar-refractivity contribution >= 4 is 5.95 Å². The molecule has 0 radical (unpaired) electrons. The lowest BCUT2D eigenvalue weighted by atomic mass is 10.1. The van der Waals surface area contributed by atoms with Crippen molar-refractivity contribution in [1.82, 2.24) is 15.2 Å². The van der Waals surface area contributed by atoms with E-state index < -0.39 is 0 Å². The molecule has 100 valence electrons. The molecule has 0 aliphatic carbocycles. The van der Waals surface area contributed by atoms with Gasteiger partial charge in [-0.05, 0) is 37.1 Å². The van der Waals surface area contributed by atoms with Crippen LogP contribution in [0.2, 0.25) is 0 Å². The molecular formula is C13H16FN5. The number of rotatable bonds is 2. The molecule has 1 unspecified atom stereocenters. The zero-order chi connectivity index (χ0) is 13.4. The van der Waals surface area contributed by atoms with Crippen LogP contribution in [0, 0.1) is 12.7 Å². The second-order valence-corrected chi connectivity index (χ2v) is 5.00. The Hall–Kier alpha value is -1.95. The fourth-order valence-electron chi connectivity index (χ4n) is 2.37. The quantitative estimate of drug-likeness (QED) is 0.858. The third-order valence-corrected chi connectivity index (χ3v) is 3.30. The molecule has 1 saturated heterocycles. The maximum atomic E-state index is 13.4. The summed E-state index contributed by atoms with van der Waals surface area (Å²) in [7, 11) is 0. The van der Waals surface area contributed by atoms with E-state index in [-0.39, 0.29) is 11.9 Å². The first kappa shape index (κ1) is 12.1. The van der Waals surface area contributed by atoms with Crippen LogP contribution < -0.4 is 10.6 Å². The van der Waals surface area contributed by atoms with E-state index in [0.717, 1.165) is 25.1 Å². The van der Waals surface area contributed by atoms with E-state index in [0.29, 0.717) is 17.3 Å². The Balaban J connectivity index is 1.88. The number of aromatic amines is 1. The summed E-state index contributed by atoms with van der Waals surface area (Å²) in [5, 5.41) is 7.04. The molecule has 2 aromatic rings. The second-order valence-electron chi connectivity index (χ2n) is 5.00. The van der Waals surface area contributed by atoms with Crippen molar-refractivity contribution < 1.29 is 4.39 Å². The summed E-state index contributed by atoms with van der Waals surface area (Å²) in [6.45, 7) is 3.48. The van der Waals surface area contributed by atoms with Crippen LogP contribution in [0.5, 0.6) is 0 Å². The van der Waals surface area contributed by atoms with Crippen LogP contribution >= 0.6 is 0 Å². The van der Waals surface area contributed by atoms with Gasteiger partial charge in [-0.1, -0.05) is 0 Å². The highest BCUT2D eigenvalue weighted by atomic mass is 19.1. The summed E-state index contributed by atoms with van der Waals surface area (Å²) >= 11 is 0. The molecule has 19 heavy (non-hydrogen) atoms. The normalized spacial score (nSPS) is 19.1. The molecule has 1 aromatic heterocycles. The maximum absolute atomic E-state index is 13.4. The Morgan fingerprint density at radius 1 is 1.42 bits per heavy atom. The second kappa shape index (κ2) is 4.62. The summed E-state index contributed by atoms with van der Waals surface area (Å²) in [4.78, 5) is 6.45. The monoisotopic (exact) mass is 261 g/mol. The van der Waals surface area contributed by atoms with E-state index in [1.54, 1.807) is 0 Å². The zero-order valence-electron chi connectivity index (χ0n) is 10.7. The van der Waals surface area contributed by atoms with Gasteiger partial charge in [0.05, 0.1) is 0 Å². The Morgan fingerprint density at radius 3 is 2.95 bits per heavy atom. The molecule has 1 aromatic carbocycles. The van der Waals surface area contributed by atoms with Gasteiger partial charge in [0, 0.05) is 24.7 Å². The van der Waals surface area contributed by atoms with Crippen molar-refractivity contribution in [3.63, 3.8) is 0 Å². The molecule has 2 heterocycles. The van der Waals surface area contributed by atoms with E-state index in [2.05, 4.69) is 15.2 Å². The smallest absolute Gasteiger partial charge is 0.245 e. The van der Waals surface area contributed by atoms with Crippen LogP contribution in [0.4, 0.5) is 10.3 Å². The molecule has 0 spiro atoms. The Labute approximate surface area is 110 Å². The molecule has 5 nitrogen and oxygen atoms in total. The highest BCUT2D eigenvalue weighted by Crippen LogP contribution is 2.22. The molecule has 1 aliphatic heterocycles. The van der Waals surface area contributed by atoms with E-state index in [4.69, 9.17) is 5.73 Å². The van der Waals surface area contributed by atoms with Gasteiger partial charge in [0.25, 0.3) is 0 Å². The first-order valence-corrected chi connectivity index (χ1v) is 6.32. The van der Waals surface area contributed by atoms with Gasteiger partial charge in [0.1, 0.15) is 5.82 Å². The fourth-order valence-corrected chi connectivity index (χ4v) is 2.37. The lowest BCUT2D eigenvalue weighted by molar-refractivity contribution is 0.627. The highest BCUT2D eigenvalue weighted by molar-refractivity contribution is 5.57. The molecule has 0 saturated carbocycles. The Kier molecular flexibility index (Phi) is 2.94. The minimum absolute atomic E-state index is 0.179. The molecule has 1 fully saturated rings. The average Bonchev–Trinajstić information content (AvgIpc) is 2.95. The number of nitrogens with two attached hydrogens (primary N) is 1. The van der Waals surface area contributed by atoms with Crippen LogP contribution in [-0.2, 0) is 0 Å². The van der Waals surface area contributed by atoms with Crippen molar-refractivity contribution in [2.75, 3.05) is 18.0 Å². The lowest BCUT2D eigenvalue weighted by Crippen LogP contribution is -2.26. The van der Waals surface area contributed by atoms with Gasteiger partial charge in [-0.25, -0.2) is 4.39 Å². The number of aryl methyl sites for hydroxylation is 1. The third-order valence-electron chi connectivity index (χ3n) is 3.30. The van der Waals surface area contributed by atoms with Gasteiger partial charge < -0.3 is 10.6 Å². The summed E-state index contributed by atoms with van der Waals surface area (Å²) in [5.41, 5.74) is 7.43. The number of nitrogens with zero attached hydrogens (tertiary/aromatic N) is 3. The number of benzene rings is 1. The van der Waals surface area contributed by atoms with E-state index in [1.807, 2.05) is 17.9 Å². The fraction of sp³-hybridized carbons (Fsp3) is 0.385. The number of hydrogen-bond donors (Lipinski definition) is 2. The number of H-pyrrole nitrogens is 1. The van der Waals surface area contributed by atoms with Gasteiger partial charge in [-0.2, -0.15) is 4.98 Å². The van der Waals surface area contributed by atoms with Gasteiger partial charge in [0.2, 0.25) is 5.95 Å². The van der Waals surface area contributed by atoms with E-state index in [9.17, 15) is 4.39 Å². The third kappa shape index (κ3) is 2.44. The summed E-state index contributed by atoms with van der Waals surface area (Å²) in [6.07, 6.45) is 0.947. The van der Waals surface area contributed by atoms with Crippen molar-refractivity contribution in [3.8, 4) is 11.4 Å². The van der Waals surface area contributed by atoms with E-state index in [1.165, 1.54) is 12.1 Å². The predicted octanol–water partition coefficient (Wildman–Crippen LogP) is 1.46.